The number of carbonyl (C=O) groups is 2. The molecular formula is C33H55NO3. The second-order valence-electron chi connectivity index (χ2n) is 10.6. The summed E-state index contributed by atoms with van der Waals surface area (Å²) in [7, 11) is 0. The van der Waals surface area contributed by atoms with Gasteiger partial charge in [0.25, 0.3) is 0 Å². The van der Waals surface area contributed by atoms with E-state index in [1.165, 1.54) is 122 Å². The molecule has 1 aromatic rings. The Morgan fingerprint density at radius 3 is 1.35 bits per heavy atom. The van der Waals surface area contributed by atoms with Crippen LogP contribution in [0.15, 0.2) is 42.5 Å². The number of unbranched alkanes of at least 4 members (excludes halogenated alkanes) is 21. The maximum atomic E-state index is 11.8. The highest BCUT2D eigenvalue weighted by molar-refractivity contribution is 5.99. The topological polar surface area (TPSA) is 66.4 Å². The zero-order valence-corrected chi connectivity index (χ0v) is 23.6. The van der Waals surface area contributed by atoms with Crippen LogP contribution in [0, 0.1) is 0 Å². The first-order valence-electron chi connectivity index (χ1n) is 15.4. The van der Waals surface area contributed by atoms with E-state index in [1.54, 1.807) is 6.08 Å². The van der Waals surface area contributed by atoms with Crippen molar-refractivity contribution in [3.05, 3.63) is 42.5 Å². The Morgan fingerprint density at radius 2 is 0.946 bits per heavy atom. The number of carbonyl (C=O) groups excluding carboxylic acids is 1. The van der Waals surface area contributed by atoms with Crippen LogP contribution in [0.4, 0.5) is 5.69 Å². The second-order valence-corrected chi connectivity index (χ2v) is 10.6. The van der Waals surface area contributed by atoms with Crippen molar-refractivity contribution < 1.29 is 14.7 Å². The first-order valence-corrected chi connectivity index (χ1v) is 15.4. The molecule has 0 aliphatic rings. The summed E-state index contributed by atoms with van der Waals surface area (Å²) in [5.41, 5.74) is 0.843. The van der Waals surface area contributed by atoms with Crippen molar-refractivity contribution in [3.8, 4) is 0 Å². The van der Waals surface area contributed by atoms with E-state index in [4.69, 9.17) is 5.11 Å². The van der Waals surface area contributed by atoms with Gasteiger partial charge >= 0.3 is 5.97 Å². The summed E-state index contributed by atoms with van der Waals surface area (Å²) < 4.78 is 0. The first kappa shape index (κ1) is 32.9. The van der Waals surface area contributed by atoms with E-state index in [-0.39, 0.29) is 5.91 Å². The summed E-state index contributed by atoms with van der Waals surface area (Å²) in [5, 5.41) is 11.5. The van der Waals surface area contributed by atoms with Crippen molar-refractivity contribution in [2.75, 3.05) is 5.32 Å². The van der Waals surface area contributed by atoms with Gasteiger partial charge in [-0.3, -0.25) is 9.59 Å². The summed E-state index contributed by atoms with van der Waals surface area (Å²) in [6.45, 7) is 0. The van der Waals surface area contributed by atoms with Gasteiger partial charge < -0.3 is 10.4 Å². The Labute approximate surface area is 227 Å². The minimum atomic E-state index is -0.660. The van der Waals surface area contributed by atoms with Gasteiger partial charge in [0.1, 0.15) is 0 Å². The SMILES string of the molecule is O=C(O)CCCCCCCCCCCCCCCCCCCCCCCC=CC(=O)Nc1ccccc1. The molecule has 0 atom stereocenters. The van der Waals surface area contributed by atoms with E-state index in [1.807, 2.05) is 36.4 Å². The molecular weight excluding hydrogens is 458 g/mol. The molecule has 210 valence electrons. The second kappa shape index (κ2) is 25.5. The highest BCUT2D eigenvalue weighted by Gasteiger charge is 1.98. The first-order chi connectivity index (χ1) is 18.2. The lowest BCUT2D eigenvalue weighted by Gasteiger charge is -2.04. The average molecular weight is 514 g/mol. The number of rotatable bonds is 26. The molecule has 0 radical (unpaired) electrons. The van der Waals surface area contributed by atoms with E-state index in [0.29, 0.717) is 6.42 Å². The number of carboxylic acids is 1. The van der Waals surface area contributed by atoms with Gasteiger partial charge in [0.2, 0.25) is 5.91 Å². The predicted molar refractivity (Wildman–Crippen MR) is 158 cm³/mol. The number of carboxylic acid groups (broad SMARTS) is 1. The fraction of sp³-hybridized carbons (Fsp3) is 0.697. The highest BCUT2D eigenvalue weighted by atomic mass is 16.4. The van der Waals surface area contributed by atoms with E-state index in [9.17, 15) is 9.59 Å². The van der Waals surface area contributed by atoms with Crippen LogP contribution in [0.5, 0.6) is 0 Å². The Bertz CT molecular complexity index is 686. The van der Waals surface area contributed by atoms with Gasteiger partial charge in [0.15, 0.2) is 0 Å². The zero-order chi connectivity index (χ0) is 26.7. The fourth-order valence-electron chi connectivity index (χ4n) is 4.79. The summed E-state index contributed by atoms with van der Waals surface area (Å²) in [5.74, 6) is -0.704. The quantitative estimate of drug-likeness (QED) is 0.0956. The fourth-order valence-corrected chi connectivity index (χ4v) is 4.79. The number of amides is 1. The van der Waals surface area contributed by atoms with Crippen molar-refractivity contribution in [1.82, 2.24) is 0 Å². The van der Waals surface area contributed by atoms with Crippen LogP contribution in [-0.4, -0.2) is 17.0 Å². The smallest absolute Gasteiger partial charge is 0.303 e. The van der Waals surface area contributed by atoms with Gasteiger partial charge in [-0.2, -0.15) is 0 Å². The van der Waals surface area contributed by atoms with Gasteiger partial charge in [-0.15, -0.1) is 0 Å². The lowest BCUT2D eigenvalue weighted by Crippen LogP contribution is -2.07. The molecule has 0 spiro atoms. The Morgan fingerprint density at radius 1 is 0.568 bits per heavy atom. The van der Waals surface area contributed by atoms with Crippen LogP contribution in [-0.2, 0) is 9.59 Å². The van der Waals surface area contributed by atoms with Crippen LogP contribution >= 0.6 is 0 Å². The summed E-state index contributed by atoms with van der Waals surface area (Å²) >= 11 is 0. The van der Waals surface area contributed by atoms with Crippen molar-refractivity contribution in [2.45, 2.75) is 148 Å². The number of anilines is 1. The molecule has 0 bridgehead atoms. The van der Waals surface area contributed by atoms with Gasteiger partial charge in [0.05, 0.1) is 0 Å². The minimum Gasteiger partial charge on any atom is -0.481 e. The van der Waals surface area contributed by atoms with Crippen molar-refractivity contribution in [3.63, 3.8) is 0 Å². The number of aliphatic carboxylic acids is 1. The van der Waals surface area contributed by atoms with Gasteiger partial charge in [-0.1, -0.05) is 146 Å². The monoisotopic (exact) mass is 513 g/mol. The van der Waals surface area contributed by atoms with E-state index in [2.05, 4.69) is 5.32 Å². The minimum absolute atomic E-state index is 0.0443. The Balaban J connectivity index is 1.71. The van der Waals surface area contributed by atoms with Crippen LogP contribution in [0.2, 0.25) is 0 Å². The largest absolute Gasteiger partial charge is 0.481 e. The zero-order valence-electron chi connectivity index (χ0n) is 23.6. The number of nitrogens with one attached hydrogen (secondary N) is 1. The lowest BCUT2D eigenvalue weighted by molar-refractivity contribution is -0.137. The molecule has 1 aromatic carbocycles. The van der Waals surface area contributed by atoms with E-state index < -0.39 is 5.97 Å². The Kier molecular flexibility index (Phi) is 22.7. The lowest BCUT2D eigenvalue weighted by atomic mass is 10.0. The van der Waals surface area contributed by atoms with E-state index in [0.717, 1.165) is 24.9 Å². The van der Waals surface area contributed by atoms with Gasteiger partial charge in [-0.25, -0.2) is 0 Å². The molecule has 1 rings (SSSR count). The van der Waals surface area contributed by atoms with E-state index >= 15 is 0 Å². The normalized spacial score (nSPS) is 11.2. The number of para-hydroxylation sites is 1. The third-order valence-corrected chi connectivity index (χ3v) is 7.07. The standard InChI is InChI=1S/C33H55NO3/c35-32(34-31-27-23-22-24-28-31)29-25-20-18-16-14-12-10-8-6-4-2-1-3-5-7-9-11-13-15-17-19-21-26-30-33(36)37/h22-25,27-29H,1-21,26,30H2,(H,34,35)(H,36,37). The molecule has 37 heavy (non-hydrogen) atoms. The third kappa shape index (κ3) is 24.0. The van der Waals surface area contributed by atoms with Crippen molar-refractivity contribution >= 4 is 17.6 Å². The maximum Gasteiger partial charge on any atom is 0.303 e. The number of hydrogen-bond donors (Lipinski definition) is 2. The molecule has 0 unspecified atom stereocenters. The maximum absolute atomic E-state index is 11.8. The molecule has 0 fully saturated rings. The van der Waals surface area contributed by atoms with Crippen LogP contribution in [0.25, 0.3) is 0 Å². The molecule has 0 aliphatic carbocycles. The van der Waals surface area contributed by atoms with Gasteiger partial charge in [-0.05, 0) is 37.5 Å². The number of benzene rings is 1. The van der Waals surface area contributed by atoms with Crippen molar-refractivity contribution in [1.29, 1.82) is 0 Å². The molecule has 0 saturated carbocycles. The Hall–Kier alpha value is -2.10. The predicted octanol–water partition coefficient (Wildman–Crippen LogP) is 10.2. The molecule has 4 heteroatoms. The number of allylic oxidation sites excluding steroid dienone is 1. The molecule has 1 amide bonds. The van der Waals surface area contributed by atoms with Crippen LogP contribution in [0.1, 0.15) is 148 Å². The molecule has 0 heterocycles. The van der Waals surface area contributed by atoms with Crippen LogP contribution in [0.3, 0.4) is 0 Å². The van der Waals surface area contributed by atoms with Crippen molar-refractivity contribution in [2.24, 2.45) is 0 Å². The summed E-state index contributed by atoms with van der Waals surface area (Å²) in [6, 6.07) is 9.59. The molecule has 4 nitrogen and oxygen atoms in total. The molecule has 0 aliphatic heterocycles. The molecule has 0 saturated heterocycles. The third-order valence-electron chi connectivity index (χ3n) is 7.07. The van der Waals surface area contributed by atoms with Gasteiger partial charge in [0, 0.05) is 12.1 Å². The number of hydrogen-bond acceptors (Lipinski definition) is 2. The highest BCUT2D eigenvalue weighted by Crippen LogP contribution is 2.15. The molecule has 2 N–H and O–H groups in total. The molecule has 0 aromatic heterocycles. The summed E-state index contributed by atoms with van der Waals surface area (Å²) in [6.07, 6.45) is 32.5. The van der Waals surface area contributed by atoms with Crippen LogP contribution < -0.4 is 5.32 Å². The summed E-state index contributed by atoms with van der Waals surface area (Å²) in [4.78, 5) is 22.3. The average Bonchev–Trinajstić information content (AvgIpc) is 2.89.